The van der Waals surface area contributed by atoms with Gasteiger partial charge in [-0.3, -0.25) is 4.79 Å². The minimum Gasteiger partial charge on any atom is -0.488 e. The second-order valence-corrected chi connectivity index (χ2v) is 6.73. The minimum atomic E-state index is -0.00721. The first kappa shape index (κ1) is 16.1. The molecule has 3 rings (SSSR count). The lowest BCUT2D eigenvalue weighted by Crippen LogP contribution is -2.32. The van der Waals surface area contributed by atoms with Gasteiger partial charge in [0, 0.05) is 11.6 Å². The SMILES string of the molecule is O=C(NC1CCCC1)c1ccc(OCc2ccccc2)c(Br)c1. The molecule has 0 heterocycles. The Morgan fingerprint density at radius 3 is 2.57 bits per heavy atom. The molecule has 0 aromatic heterocycles. The van der Waals surface area contributed by atoms with E-state index < -0.39 is 0 Å². The van der Waals surface area contributed by atoms with Crippen molar-refractivity contribution < 1.29 is 9.53 Å². The van der Waals surface area contributed by atoms with Gasteiger partial charge < -0.3 is 10.1 Å². The number of halogens is 1. The number of hydrogen-bond donors (Lipinski definition) is 1. The summed E-state index contributed by atoms with van der Waals surface area (Å²) < 4.78 is 6.61. The summed E-state index contributed by atoms with van der Waals surface area (Å²) in [6.45, 7) is 0.507. The largest absolute Gasteiger partial charge is 0.488 e. The molecule has 1 amide bonds. The predicted octanol–water partition coefficient (Wildman–Crippen LogP) is 4.70. The van der Waals surface area contributed by atoms with Crippen LogP contribution < -0.4 is 10.1 Å². The molecule has 0 bridgehead atoms. The lowest BCUT2D eigenvalue weighted by molar-refractivity contribution is 0.0938. The van der Waals surface area contributed by atoms with Crippen LogP contribution in [0.15, 0.2) is 53.0 Å². The fourth-order valence-electron chi connectivity index (χ4n) is 2.83. The molecule has 23 heavy (non-hydrogen) atoms. The molecular formula is C19H20BrNO2. The van der Waals surface area contributed by atoms with Crippen molar-refractivity contribution in [2.75, 3.05) is 0 Å². The second-order valence-electron chi connectivity index (χ2n) is 5.87. The maximum atomic E-state index is 12.3. The maximum absolute atomic E-state index is 12.3. The van der Waals surface area contributed by atoms with Crippen LogP contribution in [0.1, 0.15) is 41.6 Å². The van der Waals surface area contributed by atoms with Crippen LogP contribution in [0.4, 0.5) is 0 Å². The third-order valence-corrected chi connectivity index (χ3v) is 4.74. The Morgan fingerprint density at radius 1 is 1.13 bits per heavy atom. The van der Waals surface area contributed by atoms with Crippen LogP contribution in [0.2, 0.25) is 0 Å². The third-order valence-electron chi connectivity index (χ3n) is 4.12. The first-order chi connectivity index (χ1) is 11.2. The standard InChI is InChI=1S/C19H20BrNO2/c20-17-12-15(19(22)21-16-8-4-5-9-16)10-11-18(17)23-13-14-6-2-1-3-7-14/h1-3,6-7,10-12,16H,4-5,8-9,13H2,(H,21,22). The van der Waals surface area contributed by atoms with Gasteiger partial charge in [0.2, 0.25) is 0 Å². The van der Waals surface area contributed by atoms with Crippen LogP contribution >= 0.6 is 15.9 Å². The molecule has 3 nitrogen and oxygen atoms in total. The number of rotatable bonds is 5. The number of carbonyl (C=O) groups excluding carboxylic acids is 1. The average Bonchev–Trinajstić information content (AvgIpc) is 3.07. The van der Waals surface area contributed by atoms with E-state index in [4.69, 9.17) is 4.74 Å². The Hall–Kier alpha value is -1.81. The van der Waals surface area contributed by atoms with E-state index in [-0.39, 0.29) is 5.91 Å². The zero-order valence-electron chi connectivity index (χ0n) is 12.9. The van der Waals surface area contributed by atoms with E-state index in [2.05, 4.69) is 21.2 Å². The molecule has 1 fully saturated rings. The van der Waals surface area contributed by atoms with Gasteiger partial charge in [-0.1, -0.05) is 43.2 Å². The van der Waals surface area contributed by atoms with E-state index in [1.807, 2.05) is 48.5 Å². The number of hydrogen-bond acceptors (Lipinski definition) is 2. The highest BCUT2D eigenvalue weighted by Gasteiger charge is 2.18. The van der Waals surface area contributed by atoms with Crippen molar-refractivity contribution in [3.8, 4) is 5.75 Å². The smallest absolute Gasteiger partial charge is 0.251 e. The van der Waals surface area contributed by atoms with Gasteiger partial charge in [0.25, 0.3) is 5.91 Å². The monoisotopic (exact) mass is 373 g/mol. The normalized spacial score (nSPS) is 14.7. The van der Waals surface area contributed by atoms with Gasteiger partial charge in [-0.25, -0.2) is 0 Å². The first-order valence-corrected chi connectivity index (χ1v) is 8.79. The van der Waals surface area contributed by atoms with Crippen molar-refractivity contribution >= 4 is 21.8 Å². The van der Waals surface area contributed by atoms with Gasteiger partial charge in [-0.05, 0) is 52.5 Å². The fourth-order valence-corrected chi connectivity index (χ4v) is 3.33. The Bertz CT molecular complexity index is 666. The maximum Gasteiger partial charge on any atom is 0.251 e. The van der Waals surface area contributed by atoms with Crippen LogP contribution in [-0.4, -0.2) is 11.9 Å². The number of amides is 1. The van der Waals surface area contributed by atoms with E-state index >= 15 is 0 Å². The Labute approximate surface area is 145 Å². The summed E-state index contributed by atoms with van der Waals surface area (Å²) >= 11 is 3.50. The van der Waals surface area contributed by atoms with Crippen molar-refractivity contribution in [3.05, 3.63) is 64.1 Å². The van der Waals surface area contributed by atoms with Crippen LogP contribution in [0, 0.1) is 0 Å². The number of benzene rings is 2. The Balaban J connectivity index is 1.62. The summed E-state index contributed by atoms with van der Waals surface area (Å²) in [5.41, 5.74) is 1.78. The molecule has 0 spiro atoms. The van der Waals surface area contributed by atoms with Gasteiger partial charge >= 0.3 is 0 Å². The molecule has 0 atom stereocenters. The quantitative estimate of drug-likeness (QED) is 0.824. The minimum absolute atomic E-state index is 0.00721. The molecule has 0 radical (unpaired) electrons. The Kier molecular flexibility index (Phi) is 5.34. The van der Waals surface area contributed by atoms with Crippen molar-refractivity contribution in [2.45, 2.75) is 38.3 Å². The van der Waals surface area contributed by atoms with E-state index in [9.17, 15) is 4.79 Å². The molecule has 0 saturated heterocycles. The fraction of sp³-hybridized carbons (Fsp3) is 0.316. The molecule has 4 heteroatoms. The van der Waals surface area contributed by atoms with Crippen LogP contribution in [-0.2, 0) is 6.61 Å². The van der Waals surface area contributed by atoms with Crippen LogP contribution in [0.5, 0.6) is 5.75 Å². The molecule has 1 aliphatic rings. The lowest BCUT2D eigenvalue weighted by atomic mass is 10.1. The summed E-state index contributed by atoms with van der Waals surface area (Å²) in [4.78, 5) is 12.3. The summed E-state index contributed by atoms with van der Waals surface area (Å²) in [6, 6.07) is 15.8. The van der Waals surface area contributed by atoms with Gasteiger partial charge in [0.1, 0.15) is 12.4 Å². The van der Waals surface area contributed by atoms with Crippen LogP contribution in [0.3, 0.4) is 0 Å². The summed E-state index contributed by atoms with van der Waals surface area (Å²) in [5, 5.41) is 3.10. The van der Waals surface area contributed by atoms with Crippen molar-refractivity contribution in [1.82, 2.24) is 5.32 Å². The molecule has 0 unspecified atom stereocenters. The molecule has 1 saturated carbocycles. The highest BCUT2D eigenvalue weighted by atomic mass is 79.9. The Morgan fingerprint density at radius 2 is 1.87 bits per heavy atom. The van der Waals surface area contributed by atoms with Crippen molar-refractivity contribution in [1.29, 1.82) is 0 Å². The summed E-state index contributed by atoms with van der Waals surface area (Å²) in [7, 11) is 0. The molecule has 1 N–H and O–H groups in total. The number of nitrogens with one attached hydrogen (secondary N) is 1. The van der Waals surface area contributed by atoms with E-state index in [1.165, 1.54) is 12.8 Å². The summed E-state index contributed by atoms with van der Waals surface area (Å²) in [6.07, 6.45) is 4.60. The molecule has 2 aromatic carbocycles. The first-order valence-electron chi connectivity index (χ1n) is 7.99. The molecule has 120 valence electrons. The second kappa shape index (κ2) is 7.64. The highest BCUT2D eigenvalue weighted by Crippen LogP contribution is 2.27. The highest BCUT2D eigenvalue weighted by molar-refractivity contribution is 9.10. The van der Waals surface area contributed by atoms with Crippen molar-refractivity contribution in [2.24, 2.45) is 0 Å². The molecule has 1 aliphatic carbocycles. The van der Waals surface area contributed by atoms with Crippen molar-refractivity contribution in [3.63, 3.8) is 0 Å². The topological polar surface area (TPSA) is 38.3 Å². The molecule has 0 aliphatic heterocycles. The van der Waals surface area contributed by atoms with Gasteiger partial charge in [0.05, 0.1) is 4.47 Å². The zero-order chi connectivity index (χ0) is 16.1. The van der Waals surface area contributed by atoms with Crippen LogP contribution in [0.25, 0.3) is 0 Å². The zero-order valence-corrected chi connectivity index (χ0v) is 14.5. The molecule has 2 aromatic rings. The van der Waals surface area contributed by atoms with E-state index in [0.717, 1.165) is 28.6 Å². The molecular weight excluding hydrogens is 354 g/mol. The van der Waals surface area contributed by atoms with E-state index in [1.54, 1.807) is 0 Å². The predicted molar refractivity (Wildman–Crippen MR) is 94.6 cm³/mol. The number of carbonyl (C=O) groups is 1. The number of ether oxygens (including phenoxy) is 1. The van der Waals surface area contributed by atoms with Gasteiger partial charge in [0.15, 0.2) is 0 Å². The third kappa shape index (κ3) is 4.35. The average molecular weight is 374 g/mol. The lowest BCUT2D eigenvalue weighted by Gasteiger charge is -2.13. The summed E-state index contributed by atoms with van der Waals surface area (Å²) in [5.74, 6) is 0.735. The van der Waals surface area contributed by atoms with Gasteiger partial charge in [-0.15, -0.1) is 0 Å². The van der Waals surface area contributed by atoms with E-state index in [0.29, 0.717) is 18.2 Å². The van der Waals surface area contributed by atoms with Gasteiger partial charge in [-0.2, -0.15) is 0 Å².